The lowest BCUT2D eigenvalue weighted by molar-refractivity contribution is 0.538. The molecular formula is C16H24N2. The Bertz CT molecular complexity index is 408. The number of anilines is 1. The second-order valence-electron chi connectivity index (χ2n) is 5.79. The van der Waals surface area contributed by atoms with Crippen LogP contribution in [0.5, 0.6) is 0 Å². The summed E-state index contributed by atoms with van der Waals surface area (Å²) in [6, 6.07) is 6.81. The van der Waals surface area contributed by atoms with Crippen LogP contribution in [0.25, 0.3) is 0 Å². The Morgan fingerprint density at radius 2 is 2.11 bits per heavy atom. The minimum absolute atomic E-state index is 0.948. The molecular weight excluding hydrogens is 220 g/mol. The standard InChI is InChI=1S/C16H24N2/c1-17-11-14-7-4-8-16-15(14)9-10-18(16)12-13-5-2-3-6-13/h4,7-8,13,17H,2-3,5-6,9-12H2,1H3. The summed E-state index contributed by atoms with van der Waals surface area (Å²) in [5.41, 5.74) is 4.59. The van der Waals surface area contributed by atoms with E-state index in [0.717, 1.165) is 12.5 Å². The molecule has 18 heavy (non-hydrogen) atoms. The van der Waals surface area contributed by atoms with Crippen LogP contribution in [0.3, 0.4) is 0 Å². The molecule has 0 atom stereocenters. The Morgan fingerprint density at radius 1 is 1.28 bits per heavy atom. The number of hydrogen-bond acceptors (Lipinski definition) is 2. The molecule has 2 heteroatoms. The van der Waals surface area contributed by atoms with Crippen molar-refractivity contribution in [2.45, 2.75) is 38.6 Å². The van der Waals surface area contributed by atoms with Gasteiger partial charge in [-0.1, -0.05) is 25.0 Å². The molecule has 1 heterocycles. The lowest BCUT2D eigenvalue weighted by Crippen LogP contribution is -2.26. The highest BCUT2D eigenvalue weighted by atomic mass is 15.1. The Morgan fingerprint density at radius 3 is 2.89 bits per heavy atom. The van der Waals surface area contributed by atoms with Crippen LogP contribution in [0.15, 0.2) is 18.2 Å². The van der Waals surface area contributed by atoms with Crippen molar-refractivity contribution >= 4 is 5.69 Å². The van der Waals surface area contributed by atoms with Crippen LogP contribution in [0.4, 0.5) is 5.69 Å². The van der Waals surface area contributed by atoms with Gasteiger partial charge in [-0.05, 0) is 49.4 Å². The molecule has 0 radical (unpaired) electrons. The second-order valence-corrected chi connectivity index (χ2v) is 5.79. The first-order valence-corrected chi connectivity index (χ1v) is 7.39. The Labute approximate surface area is 110 Å². The topological polar surface area (TPSA) is 15.3 Å². The van der Waals surface area contributed by atoms with Crippen LogP contribution in [0.2, 0.25) is 0 Å². The van der Waals surface area contributed by atoms with Crippen LogP contribution >= 0.6 is 0 Å². The Hall–Kier alpha value is -1.02. The largest absolute Gasteiger partial charge is 0.371 e. The van der Waals surface area contributed by atoms with Crippen molar-refractivity contribution in [2.24, 2.45) is 5.92 Å². The van der Waals surface area contributed by atoms with E-state index in [4.69, 9.17) is 0 Å². The number of hydrogen-bond donors (Lipinski definition) is 1. The molecule has 1 N–H and O–H groups in total. The second kappa shape index (κ2) is 5.31. The molecule has 0 saturated heterocycles. The monoisotopic (exact) mass is 244 g/mol. The summed E-state index contributed by atoms with van der Waals surface area (Å²) in [5, 5.41) is 3.28. The van der Waals surface area contributed by atoms with Gasteiger partial charge in [0.1, 0.15) is 0 Å². The normalized spacial score (nSPS) is 19.5. The van der Waals surface area contributed by atoms with Gasteiger partial charge in [-0.15, -0.1) is 0 Å². The molecule has 1 aliphatic carbocycles. The molecule has 0 amide bonds. The number of rotatable bonds is 4. The maximum atomic E-state index is 3.28. The highest BCUT2D eigenvalue weighted by Gasteiger charge is 2.25. The molecule has 1 aromatic carbocycles. The lowest BCUT2D eigenvalue weighted by Gasteiger charge is -2.23. The third-order valence-corrected chi connectivity index (χ3v) is 4.54. The molecule has 0 unspecified atom stereocenters. The zero-order chi connectivity index (χ0) is 12.4. The van der Waals surface area contributed by atoms with E-state index < -0.39 is 0 Å². The van der Waals surface area contributed by atoms with Crippen LogP contribution in [-0.4, -0.2) is 20.1 Å². The summed E-state index contributed by atoms with van der Waals surface area (Å²) in [4.78, 5) is 2.63. The maximum absolute atomic E-state index is 3.28. The van der Waals surface area contributed by atoms with Gasteiger partial charge in [-0.2, -0.15) is 0 Å². The molecule has 2 aliphatic rings. The SMILES string of the molecule is CNCc1cccc2c1CCN2CC1CCCC1. The number of benzene rings is 1. The summed E-state index contributed by atoms with van der Waals surface area (Å²) >= 11 is 0. The van der Waals surface area contributed by atoms with Gasteiger partial charge in [0.2, 0.25) is 0 Å². The summed E-state index contributed by atoms with van der Waals surface area (Å²) in [6.45, 7) is 3.52. The van der Waals surface area contributed by atoms with Gasteiger partial charge in [-0.25, -0.2) is 0 Å². The van der Waals surface area contributed by atoms with E-state index in [1.165, 1.54) is 56.4 Å². The number of fused-ring (bicyclic) bond motifs is 1. The van der Waals surface area contributed by atoms with E-state index in [0.29, 0.717) is 0 Å². The highest BCUT2D eigenvalue weighted by Crippen LogP contribution is 2.34. The summed E-state index contributed by atoms with van der Waals surface area (Å²) in [6.07, 6.45) is 7.03. The van der Waals surface area contributed by atoms with E-state index in [9.17, 15) is 0 Å². The van der Waals surface area contributed by atoms with Gasteiger partial charge in [0, 0.05) is 25.3 Å². The number of nitrogens with zero attached hydrogens (tertiary/aromatic N) is 1. The average molecular weight is 244 g/mol. The summed E-state index contributed by atoms with van der Waals surface area (Å²) in [7, 11) is 2.03. The van der Waals surface area contributed by atoms with Crippen molar-refractivity contribution in [3.8, 4) is 0 Å². The molecule has 0 aromatic heterocycles. The van der Waals surface area contributed by atoms with Crippen molar-refractivity contribution in [1.29, 1.82) is 0 Å². The van der Waals surface area contributed by atoms with Crippen molar-refractivity contribution in [3.63, 3.8) is 0 Å². The predicted octanol–water partition coefficient (Wildman–Crippen LogP) is 2.96. The van der Waals surface area contributed by atoms with Crippen molar-refractivity contribution in [3.05, 3.63) is 29.3 Å². The first kappa shape index (κ1) is 12.0. The van der Waals surface area contributed by atoms with Gasteiger partial charge < -0.3 is 10.2 Å². The van der Waals surface area contributed by atoms with Gasteiger partial charge in [0.25, 0.3) is 0 Å². The fourth-order valence-corrected chi connectivity index (χ4v) is 3.62. The van der Waals surface area contributed by atoms with E-state index in [1.807, 2.05) is 7.05 Å². The highest BCUT2D eigenvalue weighted by molar-refractivity contribution is 5.61. The summed E-state index contributed by atoms with van der Waals surface area (Å²) < 4.78 is 0. The minimum atomic E-state index is 0.948. The van der Waals surface area contributed by atoms with Crippen LogP contribution in [-0.2, 0) is 13.0 Å². The molecule has 1 fully saturated rings. The molecule has 1 aliphatic heterocycles. The smallest absolute Gasteiger partial charge is 0.0402 e. The van der Waals surface area contributed by atoms with Crippen molar-refractivity contribution in [2.75, 3.05) is 25.0 Å². The minimum Gasteiger partial charge on any atom is -0.371 e. The van der Waals surface area contributed by atoms with Crippen LogP contribution in [0.1, 0.15) is 36.8 Å². The van der Waals surface area contributed by atoms with Gasteiger partial charge >= 0.3 is 0 Å². The van der Waals surface area contributed by atoms with Crippen LogP contribution < -0.4 is 10.2 Å². The first-order valence-electron chi connectivity index (χ1n) is 7.39. The fraction of sp³-hybridized carbons (Fsp3) is 0.625. The van der Waals surface area contributed by atoms with Gasteiger partial charge in [-0.3, -0.25) is 0 Å². The zero-order valence-corrected chi connectivity index (χ0v) is 11.4. The number of nitrogens with one attached hydrogen (secondary N) is 1. The quantitative estimate of drug-likeness (QED) is 0.876. The third kappa shape index (κ3) is 2.26. The third-order valence-electron chi connectivity index (χ3n) is 4.54. The average Bonchev–Trinajstić information content (AvgIpc) is 3.01. The maximum Gasteiger partial charge on any atom is 0.0402 e. The van der Waals surface area contributed by atoms with E-state index in [1.54, 1.807) is 5.56 Å². The molecule has 98 valence electrons. The lowest BCUT2D eigenvalue weighted by atomic mass is 10.0. The van der Waals surface area contributed by atoms with E-state index >= 15 is 0 Å². The van der Waals surface area contributed by atoms with Crippen molar-refractivity contribution in [1.82, 2.24) is 5.32 Å². The molecule has 0 spiro atoms. The molecule has 1 saturated carbocycles. The fourth-order valence-electron chi connectivity index (χ4n) is 3.62. The molecule has 1 aromatic rings. The summed E-state index contributed by atoms with van der Waals surface area (Å²) in [5.74, 6) is 0.948. The molecule has 2 nitrogen and oxygen atoms in total. The van der Waals surface area contributed by atoms with Gasteiger partial charge in [0.05, 0.1) is 0 Å². The molecule has 0 bridgehead atoms. The molecule has 3 rings (SSSR count). The van der Waals surface area contributed by atoms with E-state index in [2.05, 4.69) is 28.4 Å². The van der Waals surface area contributed by atoms with Gasteiger partial charge in [0.15, 0.2) is 0 Å². The van der Waals surface area contributed by atoms with Crippen LogP contribution in [0, 0.1) is 5.92 Å². The van der Waals surface area contributed by atoms with Crippen molar-refractivity contribution < 1.29 is 0 Å². The predicted molar refractivity (Wildman–Crippen MR) is 77.1 cm³/mol. The Kier molecular flexibility index (Phi) is 3.55. The zero-order valence-electron chi connectivity index (χ0n) is 11.4. The Balaban J connectivity index is 1.76. The van der Waals surface area contributed by atoms with E-state index in [-0.39, 0.29) is 0 Å². The first-order chi connectivity index (χ1) is 8.88.